The summed E-state index contributed by atoms with van der Waals surface area (Å²) < 4.78 is 0. The molecule has 0 atom stereocenters. The number of fused-ring (bicyclic) bond motifs is 1. The third-order valence-corrected chi connectivity index (χ3v) is 4.44. The van der Waals surface area contributed by atoms with Crippen molar-refractivity contribution in [2.45, 2.75) is 13.8 Å². The van der Waals surface area contributed by atoms with Gasteiger partial charge in [0.25, 0.3) is 5.91 Å². The summed E-state index contributed by atoms with van der Waals surface area (Å²) in [4.78, 5) is 20.4. The molecule has 0 aliphatic rings. The van der Waals surface area contributed by atoms with Gasteiger partial charge in [-0.15, -0.1) is 0 Å². The van der Waals surface area contributed by atoms with Gasteiger partial charge in [0, 0.05) is 16.8 Å². The number of anilines is 1. The van der Waals surface area contributed by atoms with E-state index < -0.39 is 0 Å². The molecule has 0 aliphatic carbocycles. The van der Waals surface area contributed by atoms with E-state index in [1.165, 1.54) is 5.56 Å². The van der Waals surface area contributed by atoms with Crippen LogP contribution in [0.25, 0.3) is 22.4 Å². The Morgan fingerprint density at radius 3 is 2.46 bits per heavy atom. The highest BCUT2D eigenvalue weighted by atomic mass is 16.1. The van der Waals surface area contributed by atoms with Crippen LogP contribution in [0.5, 0.6) is 0 Å². The summed E-state index contributed by atoms with van der Waals surface area (Å²) in [7, 11) is 0. The third-order valence-electron chi connectivity index (χ3n) is 4.44. The Morgan fingerprint density at radius 1 is 0.962 bits per heavy atom. The fourth-order valence-electron chi connectivity index (χ4n) is 3.02. The van der Waals surface area contributed by atoms with Crippen molar-refractivity contribution in [3.05, 3.63) is 83.4 Å². The normalized spacial score (nSPS) is 10.8. The first-order valence-electron chi connectivity index (χ1n) is 8.54. The number of nitrogens with zero attached hydrogens (tertiary/aromatic N) is 1. The van der Waals surface area contributed by atoms with E-state index in [0.717, 1.165) is 33.7 Å². The number of amides is 1. The molecule has 0 saturated heterocycles. The van der Waals surface area contributed by atoms with Gasteiger partial charge in [-0.1, -0.05) is 42.0 Å². The summed E-state index contributed by atoms with van der Waals surface area (Å²) in [6.07, 6.45) is 0. The lowest BCUT2D eigenvalue weighted by atomic mass is 10.1. The zero-order chi connectivity index (χ0) is 18.1. The van der Waals surface area contributed by atoms with Crippen LogP contribution in [0.3, 0.4) is 0 Å². The van der Waals surface area contributed by atoms with Gasteiger partial charge in [-0.05, 0) is 49.7 Å². The van der Waals surface area contributed by atoms with E-state index in [9.17, 15) is 4.79 Å². The molecule has 0 radical (unpaired) electrons. The molecule has 1 aromatic heterocycles. The van der Waals surface area contributed by atoms with E-state index in [0.29, 0.717) is 5.56 Å². The number of H-pyrrole nitrogens is 1. The molecule has 1 amide bonds. The molecule has 0 spiro atoms. The van der Waals surface area contributed by atoms with Gasteiger partial charge in [-0.3, -0.25) is 4.79 Å². The van der Waals surface area contributed by atoms with Crippen LogP contribution in [0, 0.1) is 13.8 Å². The first-order valence-corrected chi connectivity index (χ1v) is 8.54. The predicted octanol–water partition coefficient (Wildman–Crippen LogP) is 5.10. The molecule has 3 aromatic carbocycles. The van der Waals surface area contributed by atoms with E-state index in [4.69, 9.17) is 0 Å². The highest BCUT2D eigenvalue weighted by molar-refractivity contribution is 6.04. The number of para-hydroxylation sites is 2. The van der Waals surface area contributed by atoms with Crippen LogP contribution >= 0.6 is 0 Å². The Balaban J connectivity index is 1.56. The summed E-state index contributed by atoms with van der Waals surface area (Å²) in [6.45, 7) is 4.03. The van der Waals surface area contributed by atoms with Gasteiger partial charge in [0.2, 0.25) is 0 Å². The number of imidazole rings is 1. The minimum absolute atomic E-state index is 0.117. The quantitative estimate of drug-likeness (QED) is 0.545. The number of nitrogens with one attached hydrogen (secondary N) is 2. The van der Waals surface area contributed by atoms with Crippen LogP contribution < -0.4 is 5.32 Å². The number of rotatable bonds is 3. The minimum atomic E-state index is -0.117. The van der Waals surface area contributed by atoms with Crippen LogP contribution in [0.15, 0.2) is 66.7 Å². The van der Waals surface area contributed by atoms with E-state index in [-0.39, 0.29) is 5.91 Å². The first kappa shape index (κ1) is 16.1. The number of carbonyl (C=O) groups is 1. The van der Waals surface area contributed by atoms with Crippen molar-refractivity contribution in [2.75, 3.05) is 5.32 Å². The monoisotopic (exact) mass is 341 g/mol. The summed E-state index contributed by atoms with van der Waals surface area (Å²) in [5, 5.41) is 2.97. The molecule has 4 aromatic rings. The lowest BCUT2D eigenvalue weighted by Gasteiger charge is -2.09. The zero-order valence-corrected chi connectivity index (χ0v) is 14.7. The summed E-state index contributed by atoms with van der Waals surface area (Å²) >= 11 is 0. The average Bonchev–Trinajstić information content (AvgIpc) is 3.08. The maximum atomic E-state index is 12.5. The van der Waals surface area contributed by atoms with Gasteiger partial charge in [-0.2, -0.15) is 0 Å². The number of aromatic amines is 1. The molecule has 26 heavy (non-hydrogen) atoms. The van der Waals surface area contributed by atoms with Crippen LogP contribution in [-0.4, -0.2) is 15.9 Å². The Morgan fingerprint density at radius 2 is 1.73 bits per heavy atom. The number of aromatic nitrogens is 2. The molecule has 0 bridgehead atoms. The molecule has 0 fully saturated rings. The second-order valence-electron chi connectivity index (χ2n) is 6.45. The van der Waals surface area contributed by atoms with E-state index in [1.54, 1.807) is 0 Å². The molecule has 4 nitrogen and oxygen atoms in total. The largest absolute Gasteiger partial charge is 0.338 e. The van der Waals surface area contributed by atoms with Gasteiger partial charge in [0.15, 0.2) is 0 Å². The maximum Gasteiger partial charge on any atom is 0.255 e. The molecular formula is C22H19N3O. The number of carbonyl (C=O) groups excluding carboxylic acids is 1. The van der Waals surface area contributed by atoms with Crippen molar-refractivity contribution in [3.8, 4) is 11.4 Å². The second kappa shape index (κ2) is 6.48. The number of hydrogen-bond acceptors (Lipinski definition) is 2. The van der Waals surface area contributed by atoms with Gasteiger partial charge >= 0.3 is 0 Å². The topological polar surface area (TPSA) is 57.8 Å². The summed E-state index contributed by atoms with van der Waals surface area (Å²) in [5.41, 5.74) is 6.56. The van der Waals surface area contributed by atoms with Crippen LogP contribution in [0.2, 0.25) is 0 Å². The molecule has 0 unspecified atom stereocenters. The lowest BCUT2D eigenvalue weighted by molar-refractivity contribution is 0.102. The fraction of sp³-hybridized carbons (Fsp3) is 0.0909. The summed E-state index contributed by atoms with van der Waals surface area (Å²) in [6, 6.07) is 21.4. The molecular weight excluding hydrogens is 322 g/mol. The Labute approximate surface area is 151 Å². The van der Waals surface area contributed by atoms with E-state index >= 15 is 0 Å². The highest BCUT2D eigenvalue weighted by Gasteiger charge is 2.10. The lowest BCUT2D eigenvalue weighted by Crippen LogP contribution is -2.12. The van der Waals surface area contributed by atoms with Crippen molar-refractivity contribution in [3.63, 3.8) is 0 Å². The Kier molecular flexibility index (Phi) is 4.01. The van der Waals surface area contributed by atoms with Crippen LogP contribution in [-0.2, 0) is 0 Å². The van der Waals surface area contributed by atoms with Crippen molar-refractivity contribution in [1.29, 1.82) is 0 Å². The molecule has 0 aliphatic heterocycles. The molecule has 4 rings (SSSR count). The van der Waals surface area contributed by atoms with Crippen LogP contribution in [0.1, 0.15) is 21.5 Å². The zero-order valence-electron chi connectivity index (χ0n) is 14.7. The van der Waals surface area contributed by atoms with Gasteiger partial charge in [0.1, 0.15) is 5.82 Å². The average molecular weight is 341 g/mol. The molecule has 4 heteroatoms. The number of benzene rings is 3. The highest BCUT2D eigenvalue weighted by Crippen LogP contribution is 2.22. The molecule has 1 heterocycles. The smallest absolute Gasteiger partial charge is 0.255 e. The second-order valence-corrected chi connectivity index (χ2v) is 6.45. The van der Waals surface area contributed by atoms with Crippen molar-refractivity contribution >= 4 is 22.6 Å². The number of hydrogen-bond donors (Lipinski definition) is 2. The van der Waals surface area contributed by atoms with Gasteiger partial charge in [0.05, 0.1) is 11.0 Å². The summed E-state index contributed by atoms with van der Waals surface area (Å²) in [5.74, 6) is 0.681. The fourth-order valence-corrected chi connectivity index (χ4v) is 3.02. The van der Waals surface area contributed by atoms with Crippen molar-refractivity contribution in [1.82, 2.24) is 9.97 Å². The Hall–Kier alpha value is -3.40. The standard InChI is InChI=1S/C22H19N3O/c1-14-7-12-18(15(2)13-14)25-22(26)17-10-8-16(9-11-17)21-23-19-5-3-4-6-20(19)24-21/h3-13H,1-2H3,(H,23,24)(H,25,26). The Bertz CT molecular complexity index is 1060. The first-order chi connectivity index (χ1) is 12.6. The third kappa shape index (κ3) is 3.09. The van der Waals surface area contributed by atoms with E-state index in [2.05, 4.69) is 21.4 Å². The predicted molar refractivity (Wildman–Crippen MR) is 105 cm³/mol. The maximum absolute atomic E-state index is 12.5. The van der Waals surface area contributed by atoms with Gasteiger partial charge in [-0.25, -0.2) is 4.98 Å². The van der Waals surface area contributed by atoms with Crippen LogP contribution in [0.4, 0.5) is 5.69 Å². The SMILES string of the molecule is Cc1ccc(NC(=O)c2ccc(-c3nc4ccccc4[nH]3)cc2)c(C)c1. The van der Waals surface area contributed by atoms with Gasteiger partial charge < -0.3 is 10.3 Å². The number of aryl methyl sites for hydroxylation is 2. The van der Waals surface area contributed by atoms with E-state index in [1.807, 2.05) is 74.5 Å². The molecule has 128 valence electrons. The van der Waals surface area contributed by atoms with Crippen molar-refractivity contribution < 1.29 is 4.79 Å². The molecule has 2 N–H and O–H groups in total. The van der Waals surface area contributed by atoms with Crippen molar-refractivity contribution in [2.24, 2.45) is 0 Å². The minimum Gasteiger partial charge on any atom is -0.338 e. The molecule has 0 saturated carbocycles.